The van der Waals surface area contributed by atoms with E-state index in [0.717, 1.165) is 24.3 Å². The molecule has 0 aromatic heterocycles. The summed E-state index contributed by atoms with van der Waals surface area (Å²) < 4.78 is 5.18. The Morgan fingerprint density at radius 2 is 1.95 bits per heavy atom. The summed E-state index contributed by atoms with van der Waals surface area (Å²) in [6, 6.07) is 15.1. The summed E-state index contributed by atoms with van der Waals surface area (Å²) in [4.78, 5) is 10.5. The number of benzene rings is 2. The number of hydrogen-bond acceptors (Lipinski definition) is 2. The predicted octanol–water partition coefficient (Wildman–Crippen LogP) is 3.53. The average molecular weight is 256 g/mol. The summed E-state index contributed by atoms with van der Waals surface area (Å²) in [5, 5.41) is 8.60. The molecule has 98 valence electrons. The van der Waals surface area contributed by atoms with Crippen molar-refractivity contribution in [3.8, 4) is 5.75 Å². The third kappa shape index (κ3) is 3.58. The van der Waals surface area contributed by atoms with E-state index in [0.29, 0.717) is 5.56 Å². The first kappa shape index (κ1) is 13.1. The SMILES string of the molecule is CCc1cccc(C(=O)O)c1.c1cc2ccc1CO2. The molecule has 0 aliphatic carbocycles. The predicted molar refractivity (Wildman–Crippen MR) is 73.6 cm³/mol. The lowest BCUT2D eigenvalue weighted by atomic mass is 10.1. The molecule has 0 atom stereocenters. The van der Waals surface area contributed by atoms with Crippen LogP contribution in [-0.4, -0.2) is 11.1 Å². The molecule has 2 heterocycles. The van der Waals surface area contributed by atoms with Gasteiger partial charge in [-0.3, -0.25) is 0 Å². The standard InChI is InChI=1S/C9H10O2.C7H6O/c1-2-7-4-3-5-8(6-7)9(10)11;1-3-7-4-2-6(1)5-8-7/h3-6H,2H2,1H3,(H,10,11);1-4H,5H2. The van der Waals surface area contributed by atoms with Gasteiger partial charge in [-0.1, -0.05) is 31.2 Å². The molecule has 3 heteroatoms. The fraction of sp³-hybridized carbons (Fsp3) is 0.188. The molecule has 2 bridgehead atoms. The maximum Gasteiger partial charge on any atom is 0.335 e. The van der Waals surface area contributed by atoms with Gasteiger partial charge in [0.2, 0.25) is 0 Å². The Kier molecular flexibility index (Phi) is 4.18. The summed E-state index contributed by atoms with van der Waals surface area (Å²) in [6.07, 6.45) is 0.876. The highest BCUT2D eigenvalue weighted by atomic mass is 16.5. The lowest BCUT2D eigenvalue weighted by Crippen LogP contribution is -2.00. The molecule has 4 rings (SSSR count). The van der Waals surface area contributed by atoms with Crippen molar-refractivity contribution in [3.05, 3.63) is 65.2 Å². The van der Waals surface area contributed by atoms with Crippen LogP contribution in [0, 0.1) is 0 Å². The minimum Gasteiger partial charge on any atom is -0.489 e. The molecule has 3 nitrogen and oxygen atoms in total. The van der Waals surface area contributed by atoms with Gasteiger partial charge in [-0.15, -0.1) is 0 Å². The third-order valence-corrected chi connectivity index (χ3v) is 2.91. The monoisotopic (exact) mass is 256 g/mol. The minimum absolute atomic E-state index is 0.365. The van der Waals surface area contributed by atoms with Crippen molar-refractivity contribution in [3.63, 3.8) is 0 Å². The molecule has 0 unspecified atom stereocenters. The maximum atomic E-state index is 10.5. The van der Waals surface area contributed by atoms with Crippen molar-refractivity contribution >= 4 is 5.97 Å². The van der Waals surface area contributed by atoms with Crippen molar-refractivity contribution in [1.29, 1.82) is 0 Å². The van der Waals surface area contributed by atoms with Crippen molar-refractivity contribution in [2.45, 2.75) is 20.0 Å². The molecule has 0 saturated carbocycles. The Labute approximate surface area is 112 Å². The fourth-order valence-electron chi connectivity index (χ4n) is 1.77. The molecule has 0 fully saturated rings. The largest absolute Gasteiger partial charge is 0.489 e. The highest BCUT2D eigenvalue weighted by molar-refractivity contribution is 5.87. The Hall–Kier alpha value is -2.29. The lowest BCUT2D eigenvalue weighted by Gasteiger charge is -2.11. The Morgan fingerprint density at radius 1 is 1.21 bits per heavy atom. The second kappa shape index (κ2) is 6.05. The van der Waals surface area contributed by atoms with Crippen molar-refractivity contribution in [2.24, 2.45) is 0 Å². The van der Waals surface area contributed by atoms with Gasteiger partial charge in [0.05, 0.1) is 5.56 Å². The van der Waals surface area contributed by atoms with E-state index in [1.807, 2.05) is 25.1 Å². The number of carbonyl (C=O) groups is 1. The zero-order valence-corrected chi connectivity index (χ0v) is 10.8. The normalized spacial score (nSPS) is 11.2. The highest BCUT2D eigenvalue weighted by Gasteiger charge is 2.01. The molecule has 2 aromatic rings. The number of rotatable bonds is 2. The molecular formula is C16H16O3. The van der Waals surface area contributed by atoms with Crippen molar-refractivity contribution in [2.75, 3.05) is 0 Å². The molecule has 2 aliphatic rings. The van der Waals surface area contributed by atoms with Gasteiger partial charge in [-0.2, -0.15) is 0 Å². The van der Waals surface area contributed by atoms with Crippen LogP contribution in [0.4, 0.5) is 0 Å². The first-order valence-electron chi connectivity index (χ1n) is 6.23. The van der Waals surface area contributed by atoms with Crippen LogP contribution < -0.4 is 4.74 Å². The molecule has 1 N–H and O–H groups in total. The molecule has 2 aromatic carbocycles. The first-order valence-corrected chi connectivity index (χ1v) is 6.23. The number of ether oxygens (including phenoxy) is 1. The summed E-state index contributed by atoms with van der Waals surface area (Å²) in [7, 11) is 0. The smallest absolute Gasteiger partial charge is 0.335 e. The van der Waals surface area contributed by atoms with Gasteiger partial charge in [0.15, 0.2) is 0 Å². The van der Waals surface area contributed by atoms with Crippen LogP contribution in [0.5, 0.6) is 5.75 Å². The lowest BCUT2D eigenvalue weighted by molar-refractivity contribution is 0.0697. The van der Waals surface area contributed by atoms with Gasteiger partial charge >= 0.3 is 5.97 Å². The van der Waals surface area contributed by atoms with Crippen LogP contribution in [-0.2, 0) is 13.0 Å². The highest BCUT2D eigenvalue weighted by Crippen LogP contribution is 2.19. The molecule has 0 saturated heterocycles. The molecule has 19 heavy (non-hydrogen) atoms. The van der Waals surface area contributed by atoms with E-state index >= 15 is 0 Å². The van der Waals surface area contributed by atoms with E-state index in [9.17, 15) is 4.79 Å². The summed E-state index contributed by atoms with van der Waals surface area (Å²) in [5.74, 6) is 0.125. The molecule has 2 aliphatic heterocycles. The number of hydrogen-bond donors (Lipinski definition) is 1. The van der Waals surface area contributed by atoms with Crippen LogP contribution in [0.15, 0.2) is 48.5 Å². The van der Waals surface area contributed by atoms with E-state index in [2.05, 4.69) is 12.1 Å². The van der Waals surface area contributed by atoms with Gasteiger partial charge in [0.1, 0.15) is 12.4 Å². The van der Waals surface area contributed by atoms with Crippen LogP contribution in [0.1, 0.15) is 28.4 Å². The van der Waals surface area contributed by atoms with Crippen LogP contribution in [0.3, 0.4) is 0 Å². The quantitative estimate of drug-likeness (QED) is 0.894. The van der Waals surface area contributed by atoms with Gasteiger partial charge in [0.25, 0.3) is 0 Å². The van der Waals surface area contributed by atoms with Crippen LogP contribution in [0.25, 0.3) is 0 Å². The minimum atomic E-state index is -0.861. The maximum absolute atomic E-state index is 10.5. The van der Waals surface area contributed by atoms with E-state index in [1.54, 1.807) is 18.2 Å². The first-order chi connectivity index (χ1) is 9.19. The van der Waals surface area contributed by atoms with Crippen LogP contribution >= 0.6 is 0 Å². The summed E-state index contributed by atoms with van der Waals surface area (Å²) in [5.41, 5.74) is 2.69. The second-order valence-electron chi connectivity index (χ2n) is 4.29. The topological polar surface area (TPSA) is 46.5 Å². The number of fused-ring (bicyclic) bond motifs is 3. The molecular weight excluding hydrogens is 240 g/mol. The fourth-order valence-corrected chi connectivity index (χ4v) is 1.77. The number of carboxylic acids is 1. The molecule has 0 radical (unpaired) electrons. The van der Waals surface area contributed by atoms with Crippen molar-refractivity contribution < 1.29 is 14.6 Å². The van der Waals surface area contributed by atoms with E-state index < -0.39 is 5.97 Å². The number of aromatic carboxylic acids is 1. The zero-order chi connectivity index (χ0) is 13.7. The van der Waals surface area contributed by atoms with E-state index in [-0.39, 0.29) is 0 Å². The van der Waals surface area contributed by atoms with Gasteiger partial charge in [0, 0.05) is 0 Å². The van der Waals surface area contributed by atoms with E-state index in [4.69, 9.17) is 9.84 Å². The van der Waals surface area contributed by atoms with Gasteiger partial charge in [-0.05, 0) is 41.8 Å². The Morgan fingerprint density at radius 3 is 2.32 bits per heavy atom. The van der Waals surface area contributed by atoms with Crippen LogP contribution in [0.2, 0.25) is 0 Å². The van der Waals surface area contributed by atoms with Crippen molar-refractivity contribution in [1.82, 2.24) is 0 Å². The third-order valence-electron chi connectivity index (χ3n) is 2.91. The van der Waals surface area contributed by atoms with Gasteiger partial charge in [-0.25, -0.2) is 4.79 Å². The number of carboxylic acid groups (broad SMARTS) is 1. The van der Waals surface area contributed by atoms with E-state index in [1.165, 1.54) is 5.56 Å². The average Bonchev–Trinajstić information content (AvgIpc) is 2.50. The summed E-state index contributed by atoms with van der Waals surface area (Å²) >= 11 is 0. The summed E-state index contributed by atoms with van der Waals surface area (Å²) in [6.45, 7) is 2.77. The number of aryl methyl sites for hydroxylation is 1. The zero-order valence-electron chi connectivity index (χ0n) is 10.8. The van der Waals surface area contributed by atoms with Gasteiger partial charge < -0.3 is 9.84 Å². The molecule has 0 amide bonds. The second-order valence-corrected chi connectivity index (χ2v) is 4.29. The Bertz CT molecular complexity index is 535. The Balaban J connectivity index is 0.000000146. The molecule has 0 spiro atoms.